The second-order valence-corrected chi connectivity index (χ2v) is 12.4. The summed E-state index contributed by atoms with van der Waals surface area (Å²) in [5, 5.41) is 1.17. The van der Waals surface area contributed by atoms with Crippen LogP contribution in [0.5, 0.6) is 0 Å². The fourth-order valence-corrected chi connectivity index (χ4v) is 5.80. The lowest BCUT2D eigenvalue weighted by atomic mass is 10.2. The van der Waals surface area contributed by atoms with Gasteiger partial charge in [-0.15, -0.1) is 0 Å². The molecule has 0 aliphatic carbocycles. The molecule has 5 heteroatoms. The van der Waals surface area contributed by atoms with E-state index >= 15 is 0 Å². The number of rotatable bonds is 10. The Kier molecular flexibility index (Phi) is 8.69. The quantitative estimate of drug-likeness (QED) is 0.449. The zero-order valence-corrected chi connectivity index (χ0v) is 17.7. The van der Waals surface area contributed by atoms with Crippen LogP contribution >= 0.6 is 0 Å². The Morgan fingerprint density at radius 2 is 1.68 bits per heavy atom. The van der Waals surface area contributed by atoms with Crippen molar-refractivity contribution in [1.82, 2.24) is 4.90 Å². The highest BCUT2D eigenvalue weighted by molar-refractivity contribution is 6.88. The van der Waals surface area contributed by atoms with E-state index in [9.17, 15) is 0 Å². The van der Waals surface area contributed by atoms with Crippen molar-refractivity contribution in [3.8, 4) is 0 Å². The molecule has 1 aromatic heterocycles. The number of ether oxygens (including phenoxy) is 2. The summed E-state index contributed by atoms with van der Waals surface area (Å²) < 4.78 is 17.5. The van der Waals surface area contributed by atoms with Crippen LogP contribution in [0.15, 0.2) is 16.5 Å². The zero-order chi connectivity index (χ0) is 18.1. The van der Waals surface area contributed by atoms with E-state index in [0.29, 0.717) is 13.2 Å². The smallest absolute Gasteiger partial charge is 0.217 e. The average molecular weight is 368 g/mol. The molecule has 2 heterocycles. The van der Waals surface area contributed by atoms with E-state index in [1.807, 2.05) is 19.9 Å². The lowest BCUT2D eigenvalue weighted by Gasteiger charge is -2.24. The van der Waals surface area contributed by atoms with Gasteiger partial charge in [-0.05, 0) is 70.9 Å². The summed E-state index contributed by atoms with van der Waals surface area (Å²) in [5.41, 5.74) is 0. The molecule has 0 bridgehead atoms. The first-order valence-corrected chi connectivity index (χ1v) is 13.3. The molecule has 0 saturated carbocycles. The van der Waals surface area contributed by atoms with Crippen molar-refractivity contribution in [3.63, 3.8) is 0 Å². The van der Waals surface area contributed by atoms with Crippen molar-refractivity contribution < 1.29 is 13.9 Å². The molecular formula is C20H37NO3Si. The predicted molar refractivity (Wildman–Crippen MR) is 106 cm³/mol. The first-order chi connectivity index (χ1) is 12.1. The largest absolute Gasteiger partial charge is 0.466 e. The molecule has 25 heavy (non-hydrogen) atoms. The van der Waals surface area contributed by atoms with Crippen LogP contribution in [0.1, 0.15) is 58.0 Å². The summed E-state index contributed by atoms with van der Waals surface area (Å²) in [7, 11) is -1.55. The molecule has 0 atom stereocenters. The second kappa shape index (κ2) is 10.5. The molecule has 1 saturated heterocycles. The third-order valence-corrected chi connectivity index (χ3v) is 8.34. The van der Waals surface area contributed by atoms with Crippen molar-refractivity contribution in [2.45, 2.75) is 71.4 Å². The van der Waals surface area contributed by atoms with E-state index in [2.05, 4.69) is 24.1 Å². The van der Waals surface area contributed by atoms with Crippen LogP contribution in [0.4, 0.5) is 0 Å². The Labute approximate surface area is 154 Å². The van der Waals surface area contributed by atoms with E-state index in [0.717, 1.165) is 5.76 Å². The van der Waals surface area contributed by atoms with Gasteiger partial charge in [0.1, 0.15) is 8.07 Å². The van der Waals surface area contributed by atoms with E-state index in [-0.39, 0.29) is 6.29 Å². The SMILES string of the molecule is CCOC(OCC)c1ccc([Si](C)(C)CCCN2CCCCCC2)o1. The summed E-state index contributed by atoms with van der Waals surface area (Å²) >= 11 is 0. The van der Waals surface area contributed by atoms with E-state index in [1.165, 1.54) is 63.2 Å². The summed E-state index contributed by atoms with van der Waals surface area (Å²) in [6, 6.07) is 5.46. The summed E-state index contributed by atoms with van der Waals surface area (Å²) in [6.07, 6.45) is 6.47. The molecule has 1 fully saturated rings. The van der Waals surface area contributed by atoms with Gasteiger partial charge in [0.05, 0.1) is 5.38 Å². The van der Waals surface area contributed by atoms with Gasteiger partial charge in [-0.2, -0.15) is 0 Å². The molecule has 1 aliphatic rings. The van der Waals surface area contributed by atoms with Crippen molar-refractivity contribution >= 4 is 13.5 Å². The third-order valence-electron chi connectivity index (χ3n) is 5.14. The summed E-state index contributed by atoms with van der Waals surface area (Å²) in [6.45, 7) is 13.9. The van der Waals surface area contributed by atoms with Gasteiger partial charge in [-0.25, -0.2) is 0 Å². The maximum Gasteiger partial charge on any atom is 0.217 e. The van der Waals surface area contributed by atoms with Gasteiger partial charge in [0.25, 0.3) is 0 Å². The fourth-order valence-electron chi connectivity index (χ4n) is 3.59. The lowest BCUT2D eigenvalue weighted by Crippen LogP contribution is -2.41. The Morgan fingerprint density at radius 3 is 2.28 bits per heavy atom. The highest BCUT2D eigenvalue weighted by Crippen LogP contribution is 2.22. The van der Waals surface area contributed by atoms with Crippen LogP contribution < -0.4 is 5.38 Å². The van der Waals surface area contributed by atoms with Crippen molar-refractivity contribution in [1.29, 1.82) is 0 Å². The normalized spacial score (nSPS) is 17.2. The molecule has 4 nitrogen and oxygen atoms in total. The Hall–Kier alpha value is -0.623. The molecule has 0 aromatic carbocycles. The van der Waals surface area contributed by atoms with E-state index in [1.54, 1.807) is 0 Å². The lowest BCUT2D eigenvalue weighted by molar-refractivity contribution is -0.150. The number of hydrogen-bond acceptors (Lipinski definition) is 4. The Bertz CT molecular complexity index is 475. The minimum atomic E-state index is -1.55. The Morgan fingerprint density at radius 1 is 1.04 bits per heavy atom. The van der Waals surface area contributed by atoms with Crippen LogP contribution in [-0.4, -0.2) is 45.8 Å². The maximum atomic E-state index is 6.18. The zero-order valence-electron chi connectivity index (χ0n) is 16.7. The number of nitrogens with zero attached hydrogens (tertiary/aromatic N) is 1. The summed E-state index contributed by atoms with van der Waals surface area (Å²) in [5.74, 6) is 0.812. The molecule has 144 valence electrons. The third kappa shape index (κ3) is 6.55. The van der Waals surface area contributed by atoms with Crippen LogP contribution in [0.25, 0.3) is 0 Å². The monoisotopic (exact) mass is 367 g/mol. The second-order valence-electron chi connectivity index (χ2n) is 7.69. The highest BCUT2D eigenvalue weighted by Gasteiger charge is 2.29. The molecule has 0 N–H and O–H groups in total. The molecule has 2 rings (SSSR count). The average Bonchev–Trinajstić information content (AvgIpc) is 2.95. The van der Waals surface area contributed by atoms with Crippen LogP contribution in [0.3, 0.4) is 0 Å². The van der Waals surface area contributed by atoms with E-state index < -0.39 is 8.07 Å². The number of hydrogen-bond donors (Lipinski definition) is 0. The molecule has 0 spiro atoms. The minimum Gasteiger partial charge on any atom is -0.466 e. The molecule has 0 unspecified atom stereocenters. The molecule has 0 amide bonds. The van der Waals surface area contributed by atoms with Crippen molar-refractivity contribution in [2.24, 2.45) is 0 Å². The number of likely N-dealkylation sites (tertiary alicyclic amines) is 1. The van der Waals surface area contributed by atoms with E-state index in [4.69, 9.17) is 13.9 Å². The van der Waals surface area contributed by atoms with Gasteiger partial charge < -0.3 is 18.8 Å². The predicted octanol–water partition coefficient (Wildman–Crippen LogP) is 4.53. The number of furan rings is 1. The van der Waals surface area contributed by atoms with Crippen molar-refractivity contribution in [3.05, 3.63) is 17.9 Å². The van der Waals surface area contributed by atoms with Gasteiger partial charge in [-0.3, -0.25) is 0 Å². The fraction of sp³-hybridized carbons (Fsp3) is 0.800. The standard InChI is InChI=1S/C20H37NO3Si/c1-5-22-20(23-6-2)18-12-13-19(24-18)25(3,4)17-11-16-21-14-9-7-8-10-15-21/h12-13,20H,5-11,14-17H2,1-4H3. The van der Waals surface area contributed by atoms with Gasteiger partial charge in [0.15, 0.2) is 5.76 Å². The van der Waals surface area contributed by atoms with Gasteiger partial charge in [-0.1, -0.05) is 25.9 Å². The molecule has 1 aromatic rings. The highest BCUT2D eigenvalue weighted by atomic mass is 28.3. The van der Waals surface area contributed by atoms with Crippen LogP contribution in [-0.2, 0) is 9.47 Å². The molecule has 1 aliphatic heterocycles. The minimum absolute atomic E-state index is 0.370. The van der Waals surface area contributed by atoms with Crippen molar-refractivity contribution in [2.75, 3.05) is 32.8 Å². The maximum absolute atomic E-state index is 6.18. The topological polar surface area (TPSA) is 34.8 Å². The van der Waals surface area contributed by atoms with Gasteiger partial charge in [0, 0.05) is 13.2 Å². The molecular weight excluding hydrogens is 330 g/mol. The summed E-state index contributed by atoms with van der Waals surface area (Å²) in [4.78, 5) is 2.66. The first kappa shape index (κ1) is 20.7. The van der Waals surface area contributed by atoms with Crippen LogP contribution in [0.2, 0.25) is 19.1 Å². The van der Waals surface area contributed by atoms with Gasteiger partial charge in [0.2, 0.25) is 6.29 Å². The molecule has 0 radical (unpaired) electrons. The van der Waals surface area contributed by atoms with Crippen LogP contribution in [0, 0.1) is 0 Å². The first-order valence-electron chi connectivity index (χ1n) is 10.1. The Balaban J connectivity index is 1.87. The van der Waals surface area contributed by atoms with Gasteiger partial charge >= 0.3 is 0 Å².